The van der Waals surface area contributed by atoms with Crippen LogP contribution in [-0.4, -0.2) is 37.5 Å². The number of carbonyl (C=O) groups excluding carboxylic acids is 1. The van der Waals surface area contributed by atoms with E-state index >= 15 is 0 Å². The number of amides is 1. The Bertz CT molecular complexity index is 461. The van der Waals surface area contributed by atoms with Gasteiger partial charge in [0.2, 0.25) is 5.91 Å². The van der Waals surface area contributed by atoms with Gasteiger partial charge in [0.1, 0.15) is 5.82 Å². The summed E-state index contributed by atoms with van der Waals surface area (Å²) in [5.74, 6) is -1.66. The Balaban J connectivity index is 2.89. The molecule has 0 saturated heterocycles. The highest BCUT2D eigenvalue weighted by Crippen LogP contribution is 2.26. The van der Waals surface area contributed by atoms with E-state index in [0.29, 0.717) is 13.1 Å². The molecule has 0 bridgehead atoms. The minimum atomic E-state index is -0.822. The number of hydrogen-bond donors (Lipinski definition) is 1. The number of halogens is 2. The lowest BCUT2D eigenvalue weighted by Crippen LogP contribution is -2.39. The molecule has 0 atom stereocenters. The van der Waals surface area contributed by atoms with Gasteiger partial charge in [0.25, 0.3) is 0 Å². The fraction of sp³-hybridized carbons (Fsp3) is 0.462. The SMILES string of the molecule is CCN(CC)C(=O)CN(C)c1cc(F)cc(F)c1N. The van der Waals surface area contributed by atoms with Crippen LogP contribution in [0.5, 0.6) is 0 Å². The third-order valence-electron chi connectivity index (χ3n) is 2.97. The van der Waals surface area contributed by atoms with Gasteiger partial charge in [0, 0.05) is 26.2 Å². The average molecular weight is 271 g/mol. The largest absolute Gasteiger partial charge is 0.395 e. The number of likely N-dealkylation sites (N-methyl/N-ethyl adjacent to an activating group) is 2. The number of hydrogen-bond acceptors (Lipinski definition) is 3. The lowest BCUT2D eigenvalue weighted by molar-refractivity contribution is -0.129. The number of nitrogen functional groups attached to an aromatic ring is 1. The molecular formula is C13H19F2N3O. The molecule has 1 aromatic carbocycles. The molecule has 19 heavy (non-hydrogen) atoms. The quantitative estimate of drug-likeness (QED) is 0.831. The van der Waals surface area contributed by atoms with Crippen LogP contribution in [-0.2, 0) is 4.79 Å². The molecule has 0 spiro atoms. The molecule has 0 fully saturated rings. The summed E-state index contributed by atoms with van der Waals surface area (Å²) in [6.07, 6.45) is 0. The zero-order valence-electron chi connectivity index (χ0n) is 11.4. The molecule has 0 aliphatic carbocycles. The maximum atomic E-state index is 13.3. The van der Waals surface area contributed by atoms with Crippen molar-refractivity contribution >= 4 is 17.3 Å². The summed E-state index contributed by atoms with van der Waals surface area (Å²) in [5, 5.41) is 0. The second-order valence-electron chi connectivity index (χ2n) is 4.24. The number of carbonyl (C=O) groups is 1. The van der Waals surface area contributed by atoms with Crippen LogP contribution in [0.2, 0.25) is 0 Å². The van der Waals surface area contributed by atoms with Gasteiger partial charge in [-0.3, -0.25) is 4.79 Å². The molecule has 0 heterocycles. The van der Waals surface area contributed by atoms with E-state index < -0.39 is 11.6 Å². The molecular weight excluding hydrogens is 252 g/mol. The molecule has 0 aromatic heterocycles. The van der Waals surface area contributed by atoms with Crippen molar-refractivity contribution in [2.24, 2.45) is 0 Å². The van der Waals surface area contributed by atoms with Crippen LogP contribution in [0.1, 0.15) is 13.8 Å². The van der Waals surface area contributed by atoms with E-state index in [1.165, 1.54) is 4.90 Å². The highest BCUT2D eigenvalue weighted by atomic mass is 19.1. The van der Waals surface area contributed by atoms with Gasteiger partial charge < -0.3 is 15.5 Å². The van der Waals surface area contributed by atoms with Crippen molar-refractivity contribution in [1.82, 2.24) is 4.90 Å². The Morgan fingerprint density at radius 2 is 1.84 bits per heavy atom. The van der Waals surface area contributed by atoms with Gasteiger partial charge in [-0.25, -0.2) is 8.78 Å². The van der Waals surface area contributed by atoms with Crippen molar-refractivity contribution in [1.29, 1.82) is 0 Å². The average Bonchev–Trinajstić information content (AvgIpc) is 2.35. The van der Waals surface area contributed by atoms with Crippen LogP contribution in [0.15, 0.2) is 12.1 Å². The highest BCUT2D eigenvalue weighted by Gasteiger charge is 2.17. The van der Waals surface area contributed by atoms with Crippen molar-refractivity contribution in [2.45, 2.75) is 13.8 Å². The first kappa shape index (κ1) is 15.2. The lowest BCUT2D eigenvalue weighted by Gasteiger charge is -2.25. The molecule has 0 radical (unpaired) electrons. The van der Waals surface area contributed by atoms with Crippen LogP contribution in [0.3, 0.4) is 0 Å². The second-order valence-corrected chi connectivity index (χ2v) is 4.24. The smallest absolute Gasteiger partial charge is 0.242 e. The normalized spacial score (nSPS) is 10.4. The predicted molar refractivity (Wildman–Crippen MR) is 72.0 cm³/mol. The van der Waals surface area contributed by atoms with Crippen molar-refractivity contribution in [3.05, 3.63) is 23.8 Å². The second kappa shape index (κ2) is 6.36. The molecule has 106 valence electrons. The van der Waals surface area contributed by atoms with Gasteiger partial charge in [-0.15, -0.1) is 0 Å². The maximum Gasteiger partial charge on any atom is 0.242 e. The van der Waals surface area contributed by atoms with Crippen molar-refractivity contribution in [3.8, 4) is 0 Å². The van der Waals surface area contributed by atoms with Gasteiger partial charge in [-0.2, -0.15) is 0 Å². The third-order valence-corrected chi connectivity index (χ3v) is 2.97. The molecule has 6 heteroatoms. The summed E-state index contributed by atoms with van der Waals surface area (Å²) >= 11 is 0. The number of benzene rings is 1. The Labute approximate surface area is 111 Å². The van der Waals surface area contributed by atoms with Crippen molar-refractivity contribution in [2.75, 3.05) is 37.3 Å². The Morgan fingerprint density at radius 3 is 2.37 bits per heavy atom. The Hall–Kier alpha value is -1.85. The molecule has 2 N–H and O–H groups in total. The van der Waals surface area contributed by atoms with Crippen molar-refractivity contribution in [3.63, 3.8) is 0 Å². The predicted octanol–water partition coefficient (Wildman–Crippen LogP) is 1.85. The third kappa shape index (κ3) is 3.56. The molecule has 1 aromatic rings. The molecule has 0 aliphatic rings. The van der Waals surface area contributed by atoms with E-state index in [2.05, 4.69) is 0 Å². The van der Waals surface area contributed by atoms with E-state index in [1.807, 2.05) is 13.8 Å². The van der Waals surface area contributed by atoms with Gasteiger partial charge in [-0.1, -0.05) is 0 Å². The lowest BCUT2D eigenvalue weighted by atomic mass is 10.2. The summed E-state index contributed by atoms with van der Waals surface area (Å²) in [5.41, 5.74) is 5.58. The first-order valence-corrected chi connectivity index (χ1v) is 6.14. The maximum absolute atomic E-state index is 13.3. The van der Waals surface area contributed by atoms with E-state index in [4.69, 9.17) is 5.73 Å². The zero-order chi connectivity index (χ0) is 14.6. The van der Waals surface area contributed by atoms with E-state index in [0.717, 1.165) is 12.1 Å². The van der Waals surface area contributed by atoms with Crippen molar-refractivity contribution < 1.29 is 13.6 Å². The summed E-state index contributed by atoms with van der Waals surface area (Å²) in [6, 6.07) is 1.84. The molecule has 0 unspecified atom stereocenters. The first-order valence-electron chi connectivity index (χ1n) is 6.14. The van der Waals surface area contributed by atoms with Gasteiger partial charge in [0.15, 0.2) is 5.82 Å². The zero-order valence-corrected chi connectivity index (χ0v) is 11.4. The molecule has 0 saturated carbocycles. The summed E-state index contributed by atoms with van der Waals surface area (Å²) in [7, 11) is 1.58. The standard InChI is InChI=1S/C13H19F2N3O/c1-4-18(5-2)12(19)8-17(3)11-7-9(14)6-10(15)13(11)16/h6-7H,4-5,8,16H2,1-3H3. The fourth-order valence-electron chi connectivity index (χ4n) is 1.85. The van der Waals surface area contributed by atoms with Crippen LogP contribution in [0.4, 0.5) is 20.2 Å². The topological polar surface area (TPSA) is 49.6 Å². The van der Waals surface area contributed by atoms with Crippen LogP contribution >= 0.6 is 0 Å². The highest BCUT2D eigenvalue weighted by molar-refractivity contribution is 5.83. The van der Waals surface area contributed by atoms with E-state index in [9.17, 15) is 13.6 Å². The fourth-order valence-corrected chi connectivity index (χ4v) is 1.85. The minimum Gasteiger partial charge on any atom is -0.395 e. The van der Waals surface area contributed by atoms with Crippen LogP contribution in [0, 0.1) is 11.6 Å². The summed E-state index contributed by atoms with van der Waals surface area (Å²) in [6.45, 7) is 4.95. The molecule has 0 aliphatic heterocycles. The van der Waals surface area contributed by atoms with Gasteiger partial charge >= 0.3 is 0 Å². The number of rotatable bonds is 5. The molecule has 4 nitrogen and oxygen atoms in total. The van der Waals surface area contributed by atoms with Crippen LogP contribution in [0.25, 0.3) is 0 Å². The summed E-state index contributed by atoms with van der Waals surface area (Å²) < 4.78 is 26.5. The summed E-state index contributed by atoms with van der Waals surface area (Å²) in [4.78, 5) is 15.0. The van der Waals surface area contributed by atoms with Gasteiger partial charge in [-0.05, 0) is 19.9 Å². The first-order chi connectivity index (χ1) is 8.90. The molecule has 1 amide bonds. The Kier molecular flexibility index (Phi) is 5.09. The monoisotopic (exact) mass is 271 g/mol. The molecule has 1 rings (SSSR count). The van der Waals surface area contributed by atoms with E-state index in [1.54, 1.807) is 11.9 Å². The number of nitrogens with zero attached hydrogens (tertiary/aromatic N) is 2. The van der Waals surface area contributed by atoms with Crippen LogP contribution < -0.4 is 10.6 Å². The number of nitrogens with two attached hydrogens (primary N) is 1. The number of anilines is 2. The minimum absolute atomic E-state index is 0.0226. The van der Waals surface area contributed by atoms with Gasteiger partial charge in [0.05, 0.1) is 17.9 Å². The Morgan fingerprint density at radius 1 is 1.26 bits per heavy atom. The van der Waals surface area contributed by atoms with E-state index in [-0.39, 0.29) is 23.8 Å².